The Hall–Kier alpha value is -2.24. The van der Waals surface area contributed by atoms with Crippen LogP contribution in [0, 0.1) is 10.8 Å². The first-order valence-electron chi connectivity index (χ1n) is 12.2. The molecule has 1 aromatic carbocycles. The van der Waals surface area contributed by atoms with Gasteiger partial charge in [0.25, 0.3) is 0 Å². The van der Waals surface area contributed by atoms with Gasteiger partial charge in [0.05, 0.1) is 0 Å². The lowest BCUT2D eigenvalue weighted by molar-refractivity contribution is 0.0695. The van der Waals surface area contributed by atoms with Crippen LogP contribution in [0.5, 0.6) is 5.75 Å². The van der Waals surface area contributed by atoms with Crippen molar-refractivity contribution in [2.24, 2.45) is 10.8 Å². The molecular formula is C26H42N2O4. The third-order valence-electron chi connectivity index (χ3n) is 6.41. The van der Waals surface area contributed by atoms with Crippen LogP contribution < -0.4 is 15.4 Å². The quantitative estimate of drug-likeness (QED) is 0.337. The molecule has 0 aromatic heterocycles. The van der Waals surface area contributed by atoms with Gasteiger partial charge in [0, 0.05) is 12.6 Å². The smallest absolute Gasteiger partial charge is 0.412 e. The first-order valence-corrected chi connectivity index (χ1v) is 12.2. The number of unbranched alkanes of at least 4 members (excludes halogenated alkanes) is 5. The highest BCUT2D eigenvalue weighted by atomic mass is 16.6. The number of aryl methyl sites for hydroxylation is 1. The fraction of sp³-hybridized carbons (Fsp3) is 0.692. The predicted molar refractivity (Wildman–Crippen MR) is 128 cm³/mol. The van der Waals surface area contributed by atoms with Crippen LogP contribution in [0.15, 0.2) is 24.3 Å². The first-order chi connectivity index (χ1) is 15.1. The fourth-order valence-corrected chi connectivity index (χ4v) is 5.37. The van der Waals surface area contributed by atoms with E-state index in [1.165, 1.54) is 32.1 Å². The van der Waals surface area contributed by atoms with E-state index < -0.39 is 12.2 Å². The third kappa shape index (κ3) is 9.09. The minimum Gasteiger partial charge on any atom is -0.465 e. The van der Waals surface area contributed by atoms with Crippen molar-refractivity contribution in [1.82, 2.24) is 10.6 Å². The van der Waals surface area contributed by atoms with Gasteiger partial charge in [0.15, 0.2) is 0 Å². The molecule has 0 aliphatic heterocycles. The number of carboxylic acid groups (broad SMARTS) is 1. The highest BCUT2D eigenvalue weighted by molar-refractivity contribution is 5.71. The molecular weight excluding hydrogens is 404 g/mol. The second kappa shape index (κ2) is 12.1. The van der Waals surface area contributed by atoms with Gasteiger partial charge in [-0.05, 0) is 54.6 Å². The monoisotopic (exact) mass is 446 g/mol. The molecule has 0 heterocycles. The van der Waals surface area contributed by atoms with Gasteiger partial charge >= 0.3 is 12.2 Å². The van der Waals surface area contributed by atoms with Crippen molar-refractivity contribution >= 4 is 12.2 Å². The van der Waals surface area contributed by atoms with Crippen LogP contribution in [0.4, 0.5) is 9.59 Å². The van der Waals surface area contributed by atoms with Gasteiger partial charge in [-0.2, -0.15) is 0 Å². The van der Waals surface area contributed by atoms with E-state index in [1.54, 1.807) is 0 Å². The van der Waals surface area contributed by atoms with Crippen molar-refractivity contribution in [3.05, 3.63) is 29.8 Å². The van der Waals surface area contributed by atoms with Gasteiger partial charge in [-0.1, -0.05) is 78.0 Å². The van der Waals surface area contributed by atoms with E-state index in [1.807, 2.05) is 24.3 Å². The van der Waals surface area contributed by atoms with Crippen LogP contribution in [-0.2, 0) is 6.42 Å². The van der Waals surface area contributed by atoms with Gasteiger partial charge in [-0.15, -0.1) is 0 Å². The zero-order chi connectivity index (χ0) is 23.6. The fourth-order valence-electron chi connectivity index (χ4n) is 5.37. The maximum absolute atomic E-state index is 12.6. The standard InChI is InChI=1S/C26H42N2O4/c1-5-6-7-8-9-10-13-20-14-11-12-15-22(20)32-24(31)27-19-26(4)17-21(28-23(29)30)16-25(2,3)18-26/h11-12,14-15,21,28H,5-10,13,16-19H2,1-4H3,(H,27,31)(H,29,30). The van der Waals surface area contributed by atoms with E-state index >= 15 is 0 Å². The van der Waals surface area contributed by atoms with E-state index in [-0.39, 0.29) is 16.9 Å². The zero-order valence-electron chi connectivity index (χ0n) is 20.3. The van der Waals surface area contributed by atoms with Crippen molar-refractivity contribution in [3.8, 4) is 5.75 Å². The number of benzene rings is 1. The normalized spacial score (nSPS) is 22.2. The molecule has 0 spiro atoms. The van der Waals surface area contributed by atoms with Crippen LogP contribution in [0.2, 0.25) is 0 Å². The largest absolute Gasteiger partial charge is 0.465 e. The lowest BCUT2D eigenvalue weighted by Crippen LogP contribution is -2.50. The number of hydrogen-bond acceptors (Lipinski definition) is 3. The van der Waals surface area contributed by atoms with Crippen LogP contribution in [0.1, 0.15) is 91.0 Å². The summed E-state index contributed by atoms with van der Waals surface area (Å²) in [5.74, 6) is 0.623. The zero-order valence-corrected chi connectivity index (χ0v) is 20.3. The summed E-state index contributed by atoms with van der Waals surface area (Å²) in [4.78, 5) is 23.7. The van der Waals surface area contributed by atoms with Crippen molar-refractivity contribution < 1.29 is 19.4 Å². The van der Waals surface area contributed by atoms with Crippen molar-refractivity contribution in [1.29, 1.82) is 0 Å². The number of hydrogen-bond donors (Lipinski definition) is 3. The molecule has 32 heavy (non-hydrogen) atoms. The highest BCUT2D eigenvalue weighted by Crippen LogP contribution is 2.45. The van der Waals surface area contributed by atoms with Crippen molar-refractivity contribution in [3.63, 3.8) is 0 Å². The lowest BCUT2D eigenvalue weighted by atomic mass is 9.62. The lowest BCUT2D eigenvalue weighted by Gasteiger charge is -2.46. The van der Waals surface area contributed by atoms with E-state index in [0.717, 1.165) is 31.2 Å². The van der Waals surface area contributed by atoms with Gasteiger partial charge in [0.2, 0.25) is 0 Å². The number of para-hydroxylation sites is 1. The Morgan fingerprint density at radius 3 is 2.47 bits per heavy atom. The number of carbonyl (C=O) groups excluding carboxylic acids is 1. The summed E-state index contributed by atoms with van der Waals surface area (Å²) in [6.45, 7) is 9.08. The summed E-state index contributed by atoms with van der Waals surface area (Å²) >= 11 is 0. The van der Waals surface area contributed by atoms with Crippen LogP contribution in [-0.4, -0.2) is 29.9 Å². The highest BCUT2D eigenvalue weighted by Gasteiger charge is 2.42. The summed E-state index contributed by atoms with van der Waals surface area (Å²) in [7, 11) is 0. The summed E-state index contributed by atoms with van der Waals surface area (Å²) in [6.07, 6.45) is 9.23. The van der Waals surface area contributed by atoms with E-state index in [9.17, 15) is 9.59 Å². The SMILES string of the molecule is CCCCCCCCc1ccccc1OC(=O)NCC1(C)CC(NC(=O)O)CC(C)(C)C1. The Morgan fingerprint density at radius 2 is 1.75 bits per heavy atom. The Balaban J connectivity index is 1.87. The molecule has 1 fully saturated rings. The average Bonchev–Trinajstić information content (AvgIpc) is 2.68. The van der Waals surface area contributed by atoms with Crippen LogP contribution in [0.25, 0.3) is 0 Å². The molecule has 1 aliphatic carbocycles. The number of amides is 2. The minimum atomic E-state index is -0.996. The van der Waals surface area contributed by atoms with E-state index in [4.69, 9.17) is 9.84 Å². The Labute approximate surface area is 193 Å². The van der Waals surface area contributed by atoms with Gasteiger partial charge in [-0.25, -0.2) is 9.59 Å². The summed E-state index contributed by atoms with van der Waals surface area (Å²) < 4.78 is 5.66. The molecule has 3 N–H and O–H groups in total. The number of nitrogens with one attached hydrogen (secondary N) is 2. The van der Waals surface area contributed by atoms with Crippen LogP contribution >= 0.6 is 0 Å². The molecule has 1 aliphatic rings. The topological polar surface area (TPSA) is 87.7 Å². The summed E-state index contributed by atoms with van der Waals surface area (Å²) in [6, 6.07) is 7.64. The van der Waals surface area contributed by atoms with Crippen molar-refractivity contribution in [2.75, 3.05) is 6.54 Å². The van der Waals surface area contributed by atoms with Gasteiger partial charge in [0.1, 0.15) is 5.75 Å². The number of rotatable bonds is 11. The Morgan fingerprint density at radius 1 is 1.06 bits per heavy atom. The molecule has 0 radical (unpaired) electrons. The molecule has 6 nitrogen and oxygen atoms in total. The molecule has 2 rings (SSSR count). The number of carbonyl (C=O) groups is 2. The molecule has 6 heteroatoms. The van der Waals surface area contributed by atoms with Crippen molar-refractivity contribution in [2.45, 2.75) is 97.9 Å². The molecule has 0 bridgehead atoms. The second-order valence-corrected chi connectivity index (χ2v) is 10.6. The molecule has 180 valence electrons. The molecule has 1 saturated carbocycles. The maximum atomic E-state index is 12.6. The molecule has 0 saturated heterocycles. The number of ether oxygens (including phenoxy) is 1. The molecule has 2 atom stereocenters. The molecule has 1 aromatic rings. The Kier molecular flexibility index (Phi) is 9.85. The molecule has 2 unspecified atom stereocenters. The summed E-state index contributed by atoms with van der Waals surface area (Å²) in [5.41, 5.74) is 0.857. The van der Waals surface area contributed by atoms with Gasteiger partial charge < -0.3 is 20.5 Å². The van der Waals surface area contributed by atoms with Gasteiger partial charge in [-0.3, -0.25) is 0 Å². The predicted octanol–water partition coefficient (Wildman–Crippen LogP) is 6.53. The Bertz CT molecular complexity index is 749. The summed E-state index contributed by atoms with van der Waals surface area (Å²) in [5, 5.41) is 14.7. The average molecular weight is 447 g/mol. The van der Waals surface area contributed by atoms with Crippen LogP contribution in [0.3, 0.4) is 0 Å². The van der Waals surface area contributed by atoms with E-state index in [2.05, 4.69) is 38.3 Å². The first kappa shape index (κ1) is 26.0. The third-order valence-corrected chi connectivity index (χ3v) is 6.41. The molecule has 2 amide bonds. The van der Waals surface area contributed by atoms with E-state index in [0.29, 0.717) is 18.7 Å². The maximum Gasteiger partial charge on any atom is 0.412 e. The second-order valence-electron chi connectivity index (χ2n) is 10.6. The minimum absolute atomic E-state index is 0.00453.